The van der Waals surface area contributed by atoms with Crippen molar-refractivity contribution >= 4 is 50.6 Å². The van der Waals surface area contributed by atoms with Gasteiger partial charge in [0.1, 0.15) is 16.2 Å². The number of hydrogen-bond donors (Lipinski definition) is 2. The molecule has 1 heterocycles. The summed E-state index contributed by atoms with van der Waals surface area (Å²) < 4.78 is 45.2. The molecule has 2 aromatic rings. The second-order valence-electron chi connectivity index (χ2n) is 8.88. The molecular weight excluding hydrogens is 503 g/mol. The highest BCUT2D eigenvalue weighted by atomic mass is 35.5. The molecule has 1 aliphatic rings. The fourth-order valence-corrected chi connectivity index (χ4v) is 5.60. The van der Waals surface area contributed by atoms with Gasteiger partial charge in [0, 0.05) is 23.3 Å². The molecule has 0 saturated carbocycles. The van der Waals surface area contributed by atoms with Crippen molar-refractivity contribution in [2.45, 2.75) is 44.1 Å². The van der Waals surface area contributed by atoms with Crippen molar-refractivity contribution in [3.05, 3.63) is 39.9 Å². The lowest BCUT2D eigenvalue weighted by Gasteiger charge is -2.23. The van der Waals surface area contributed by atoms with Gasteiger partial charge in [0.2, 0.25) is 0 Å². The number of ether oxygens (including phenoxy) is 3. The van der Waals surface area contributed by atoms with Crippen LogP contribution in [0.5, 0.6) is 11.5 Å². The summed E-state index contributed by atoms with van der Waals surface area (Å²) in [7, 11) is -1.37. The van der Waals surface area contributed by atoms with Crippen LogP contribution in [0, 0.1) is 5.92 Å². The average Bonchev–Trinajstić information content (AvgIpc) is 2.93. The van der Waals surface area contributed by atoms with E-state index in [1.807, 2.05) is 20.8 Å². The zero-order chi connectivity index (χ0) is 25.3. The number of benzene rings is 2. The minimum absolute atomic E-state index is 0.0193. The number of methoxy groups -OCH3 is 2. The van der Waals surface area contributed by atoms with Gasteiger partial charge in [-0.1, -0.05) is 23.2 Å². The quantitative estimate of drug-likeness (QED) is 0.499. The second-order valence-corrected chi connectivity index (χ2v) is 11.4. The van der Waals surface area contributed by atoms with Crippen LogP contribution in [-0.2, 0) is 26.0 Å². The summed E-state index contributed by atoms with van der Waals surface area (Å²) in [6.45, 7) is 5.88. The van der Waals surface area contributed by atoms with Gasteiger partial charge >= 0.3 is 5.97 Å². The van der Waals surface area contributed by atoms with Crippen LogP contribution in [0.4, 0.5) is 11.4 Å². The molecule has 1 aliphatic heterocycles. The minimum atomic E-state index is -4.13. The van der Waals surface area contributed by atoms with E-state index in [4.69, 9.17) is 37.4 Å². The highest BCUT2D eigenvalue weighted by molar-refractivity contribution is 7.92. The first-order chi connectivity index (χ1) is 15.8. The fourth-order valence-electron chi connectivity index (χ4n) is 3.63. The molecule has 1 atom stereocenters. The van der Waals surface area contributed by atoms with Crippen LogP contribution in [0.1, 0.15) is 32.8 Å². The Morgan fingerprint density at radius 3 is 2.44 bits per heavy atom. The van der Waals surface area contributed by atoms with Crippen molar-refractivity contribution in [3.8, 4) is 11.5 Å². The van der Waals surface area contributed by atoms with E-state index < -0.39 is 15.6 Å². The molecule has 0 bridgehead atoms. The zero-order valence-corrected chi connectivity index (χ0v) is 22.0. The van der Waals surface area contributed by atoms with E-state index >= 15 is 0 Å². The number of carbonyl (C=O) groups excluding carboxylic acids is 1. The summed E-state index contributed by atoms with van der Waals surface area (Å²) in [4.78, 5) is 12.4. The molecule has 0 radical (unpaired) electrons. The first kappa shape index (κ1) is 26.2. The maximum absolute atomic E-state index is 13.2. The van der Waals surface area contributed by atoms with E-state index in [9.17, 15) is 13.2 Å². The minimum Gasteiger partial charge on any atom is -0.494 e. The maximum Gasteiger partial charge on any atom is 0.311 e. The van der Waals surface area contributed by atoms with E-state index in [0.29, 0.717) is 25.1 Å². The number of sulfonamides is 1. The molecule has 11 heteroatoms. The molecule has 3 rings (SSSR count). The average molecular weight is 531 g/mol. The monoisotopic (exact) mass is 530 g/mol. The third-order valence-corrected chi connectivity index (χ3v) is 7.05. The van der Waals surface area contributed by atoms with Gasteiger partial charge in [-0.15, -0.1) is 0 Å². The number of halogens is 2. The largest absolute Gasteiger partial charge is 0.494 e. The molecule has 0 fully saturated rings. The van der Waals surface area contributed by atoms with Crippen LogP contribution in [0.15, 0.2) is 29.2 Å². The molecule has 186 valence electrons. The lowest BCUT2D eigenvalue weighted by atomic mass is 10.0. The Balaban J connectivity index is 1.91. The maximum atomic E-state index is 13.2. The Hall–Kier alpha value is -2.36. The van der Waals surface area contributed by atoms with Crippen LogP contribution >= 0.6 is 23.2 Å². The fraction of sp³-hybridized carbons (Fsp3) is 0.435. The zero-order valence-electron chi connectivity index (χ0n) is 19.6. The van der Waals surface area contributed by atoms with E-state index in [1.54, 1.807) is 12.1 Å². The molecule has 2 aromatic carbocycles. The lowest BCUT2D eigenvalue weighted by molar-refractivity contribution is -0.159. The first-order valence-corrected chi connectivity index (χ1v) is 12.8. The molecule has 0 spiro atoms. The smallest absolute Gasteiger partial charge is 0.311 e. The van der Waals surface area contributed by atoms with Crippen LogP contribution in [0.2, 0.25) is 10.0 Å². The molecular formula is C23H28Cl2N2O6S. The summed E-state index contributed by atoms with van der Waals surface area (Å²) in [6.07, 6.45) is 1.09. The third-order valence-electron chi connectivity index (χ3n) is 5.18. The molecule has 0 amide bonds. The number of carbonyl (C=O) groups is 1. The predicted molar refractivity (Wildman–Crippen MR) is 133 cm³/mol. The lowest BCUT2D eigenvalue weighted by Crippen LogP contribution is -2.31. The standard InChI is InChI=1S/C23H28Cl2N2O6S/c1-23(2,3)33-22(28)14-7-6-13-8-18(19(31-4)11-17(13)26-12-14)27-34(29,30)20-10-15(24)9-16(25)21(20)32-5/h8-11,14,26-27H,6-7,12H2,1-5H3. The van der Waals surface area contributed by atoms with Crippen LogP contribution in [0.25, 0.3) is 0 Å². The van der Waals surface area contributed by atoms with Gasteiger partial charge in [0.05, 0.1) is 30.8 Å². The normalized spacial score (nSPS) is 16.0. The number of rotatable bonds is 6. The summed E-state index contributed by atoms with van der Waals surface area (Å²) in [5.41, 5.74) is 1.25. The van der Waals surface area contributed by atoms with Gasteiger partial charge < -0.3 is 19.5 Å². The third kappa shape index (κ3) is 6.00. The molecule has 8 nitrogen and oxygen atoms in total. The first-order valence-electron chi connectivity index (χ1n) is 10.6. The number of aryl methyl sites for hydroxylation is 1. The van der Waals surface area contributed by atoms with Gasteiger partial charge in [-0.25, -0.2) is 8.42 Å². The molecule has 0 aromatic heterocycles. The van der Waals surface area contributed by atoms with E-state index in [2.05, 4.69) is 10.0 Å². The summed E-state index contributed by atoms with van der Waals surface area (Å²) in [6, 6.07) is 6.05. The molecule has 0 aliphatic carbocycles. The number of hydrogen-bond acceptors (Lipinski definition) is 7. The molecule has 0 saturated heterocycles. The van der Waals surface area contributed by atoms with Crippen molar-refractivity contribution in [1.29, 1.82) is 0 Å². The molecule has 2 N–H and O–H groups in total. The van der Waals surface area contributed by atoms with E-state index in [1.165, 1.54) is 26.4 Å². The van der Waals surface area contributed by atoms with Gasteiger partial charge in [0.25, 0.3) is 10.0 Å². The highest BCUT2D eigenvalue weighted by Crippen LogP contribution is 2.39. The summed E-state index contributed by atoms with van der Waals surface area (Å²) in [5.74, 6) is -0.326. The van der Waals surface area contributed by atoms with Crippen molar-refractivity contribution in [2.75, 3.05) is 30.8 Å². The van der Waals surface area contributed by atoms with Gasteiger partial charge in [0.15, 0.2) is 5.75 Å². The van der Waals surface area contributed by atoms with Crippen LogP contribution < -0.4 is 19.5 Å². The number of fused-ring (bicyclic) bond motifs is 1. The van der Waals surface area contributed by atoms with Gasteiger partial charge in [-0.05, 0) is 57.4 Å². The van der Waals surface area contributed by atoms with Crippen LogP contribution in [0.3, 0.4) is 0 Å². The SMILES string of the molecule is COc1cc2c(cc1NS(=O)(=O)c1cc(Cl)cc(Cl)c1OC)CCC(C(=O)OC(C)(C)C)CN2. The molecule has 34 heavy (non-hydrogen) atoms. The van der Waals surface area contributed by atoms with Crippen molar-refractivity contribution in [3.63, 3.8) is 0 Å². The number of nitrogens with one attached hydrogen (secondary N) is 2. The predicted octanol–water partition coefficient (Wildman–Crippen LogP) is 5.13. The van der Waals surface area contributed by atoms with E-state index in [0.717, 1.165) is 11.3 Å². The van der Waals surface area contributed by atoms with Gasteiger partial charge in [-0.3, -0.25) is 9.52 Å². The Morgan fingerprint density at radius 1 is 1.12 bits per heavy atom. The Bertz CT molecular complexity index is 1190. The number of esters is 1. The second kappa shape index (κ2) is 10.1. The van der Waals surface area contributed by atoms with Crippen molar-refractivity contribution < 1.29 is 27.4 Å². The topological polar surface area (TPSA) is 103 Å². The number of anilines is 2. The highest BCUT2D eigenvalue weighted by Gasteiger charge is 2.29. The van der Waals surface area contributed by atoms with Crippen LogP contribution in [-0.4, -0.2) is 40.8 Å². The van der Waals surface area contributed by atoms with Gasteiger partial charge in [-0.2, -0.15) is 0 Å². The van der Waals surface area contributed by atoms with Crippen molar-refractivity contribution in [1.82, 2.24) is 0 Å². The van der Waals surface area contributed by atoms with E-state index in [-0.39, 0.29) is 38.3 Å². The summed E-state index contributed by atoms with van der Waals surface area (Å²) >= 11 is 12.2. The Kier molecular flexibility index (Phi) is 7.79. The molecule has 1 unspecified atom stereocenters. The Labute approximate surface area is 209 Å². The van der Waals surface area contributed by atoms with Crippen molar-refractivity contribution in [2.24, 2.45) is 5.92 Å². The Morgan fingerprint density at radius 2 is 1.82 bits per heavy atom. The summed E-state index contributed by atoms with van der Waals surface area (Å²) in [5, 5.41) is 3.48.